The van der Waals surface area contributed by atoms with Crippen LogP contribution in [0.3, 0.4) is 0 Å². The highest BCUT2D eigenvalue weighted by molar-refractivity contribution is 8.68. The van der Waals surface area contributed by atoms with Crippen LogP contribution in [0.2, 0.25) is 0 Å². The Bertz CT molecular complexity index is 427. The van der Waals surface area contributed by atoms with E-state index in [-0.39, 0.29) is 11.4 Å². The standard InChI is InChI=1S/C11H16FN3S2/c1-11(2,3)15-10(13)14-8-5-4-7(12)6-9(8)17-16/h4-6,16H,1-3H3,(H3,13,14,15). The maximum absolute atomic E-state index is 13.0. The highest BCUT2D eigenvalue weighted by Crippen LogP contribution is 2.30. The molecule has 0 heterocycles. The molecule has 0 radical (unpaired) electrons. The van der Waals surface area contributed by atoms with Gasteiger partial charge in [-0.25, -0.2) is 9.38 Å². The molecule has 17 heavy (non-hydrogen) atoms. The van der Waals surface area contributed by atoms with E-state index in [0.29, 0.717) is 16.5 Å². The molecule has 0 saturated carbocycles. The summed E-state index contributed by atoms with van der Waals surface area (Å²) < 4.78 is 13.0. The molecule has 1 aromatic carbocycles. The average molecular weight is 273 g/mol. The maximum atomic E-state index is 13.0. The number of nitrogens with two attached hydrogens (primary N) is 1. The van der Waals surface area contributed by atoms with Crippen molar-refractivity contribution in [3.05, 3.63) is 24.0 Å². The molecule has 0 atom stereocenters. The number of thiol groups is 1. The molecule has 0 saturated heterocycles. The van der Waals surface area contributed by atoms with Crippen LogP contribution in [0.25, 0.3) is 0 Å². The number of hydrogen-bond donors (Lipinski definition) is 3. The third-order valence-corrected chi connectivity index (χ3v) is 2.89. The lowest BCUT2D eigenvalue weighted by Gasteiger charge is -2.15. The van der Waals surface area contributed by atoms with Crippen molar-refractivity contribution in [2.45, 2.75) is 31.2 Å². The Labute approximate surface area is 110 Å². The number of hydrogen-bond acceptors (Lipinski definition) is 3. The van der Waals surface area contributed by atoms with Crippen molar-refractivity contribution in [2.24, 2.45) is 10.7 Å². The predicted molar refractivity (Wildman–Crippen MR) is 76.2 cm³/mol. The number of anilines is 1. The maximum Gasteiger partial charge on any atom is 0.193 e. The molecule has 3 nitrogen and oxygen atoms in total. The molecule has 6 heteroatoms. The van der Waals surface area contributed by atoms with Gasteiger partial charge in [-0.05, 0) is 39.0 Å². The van der Waals surface area contributed by atoms with Crippen LogP contribution >= 0.6 is 22.5 Å². The Balaban J connectivity index is 2.92. The summed E-state index contributed by atoms with van der Waals surface area (Å²) >= 11 is 4.07. The minimum absolute atomic E-state index is 0.259. The van der Waals surface area contributed by atoms with Crippen LogP contribution in [0.5, 0.6) is 0 Å². The van der Waals surface area contributed by atoms with Gasteiger partial charge in [0.25, 0.3) is 0 Å². The minimum atomic E-state index is -0.307. The van der Waals surface area contributed by atoms with Crippen molar-refractivity contribution in [2.75, 3.05) is 5.32 Å². The van der Waals surface area contributed by atoms with Gasteiger partial charge in [0, 0.05) is 4.90 Å². The lowest BCUT2D eigenvalue weighted by atomic mass is 10.1. The molecule has 94 valence electrons. The summed E-state index contributed by atoms with van der Waals surface area (Å²) in [6.07, 6.45) is 0. The van der Waals surface area contributed by atoms with Crippen molar-refractivity contribution in [3.8, 4) is 0 Å². The van der Waals surface area contributed by atoms with Crippen LogP contribution in [0.1, 0.15) is 20.8 Å². The molecule has 0 fully saturated rings. The Morgan fingerprint density at radius 3 is 2.65 bits per heavy atom. The number of aliphatic imine (C=N–C) groups is 1. The van der Waals surface area contributed by atoms with Crippen molar-refractivity contribution < 1.29 is 4.39 Å². The fraction of sp³-hybridized carbons (Fsp3) is 0.364. The van der Waals surface area contributed by atoms with Gasteiger partial charge in [0.1, 0.15) is 5.82 Å². The number of benzene rings is 1. The zero-order valence-corrected chi connectivity index (χ0v) is 11.7. The zero-order valence-electron chi connectivity index (χ0n) is 9.99. The van der Waals surface area contributed by atoms with Gasteiger partial charge in [-0.2, -0.15) is 0 Å². The van der Waals surface area contributed by atoms with E-state index < -0.39 is 0 Å². The van der Waals surface area contributed by atoms with Crippen LogP contribution in [-0.4, -0.2) is 11.5 Å². The van der Waals surface area contributed by atoms with Gasteiger partial charge in [-0.3, -0.25) is 0 Å². The van der Waals surface area contributed by atoms with Gasteiger partial charge in [0.2, 0.25) is 0 Å². The molecule has 0 aromatic heterocycles. The van der Waals surface area contributed by atoms with Gasteiger partial charge in [0.05, 0.1) is 11.2 Å². The van der Waals surface area contributed by atoms with Gasteiger partial charge in [0.15, 0.2) is 5.96 Å². The molecule has 0 aliphatic rings. The van der Waals surface area contributed by atoms with Gasteiger partial charge in [-0.1, -0.05) is 10.8 Å². The van der Waals surface area contributed by atoms with E-state index in [9.17, 15) is 4.39 Å². The molecule has 0 spiro atoms. The first-order chi connectivity index (χ1) is 7.81. The molecule has 1 aromatic rings. The average Bonchev–Trinajstić information content (AvgIpc) is 2.17. The quantitative estimate of drug-likeness (QED) is 0.335. The topological polar surface area (TPSA) is 50.4 Å². The van der Waals surface area contributed by atoms with Crippen molar-refractivity contribution in [3.63, 3.8) is 0 Å². The summed E-state index contributed by atoms with van der Waals surface area (Å²) in [5, 5.41) is 2.94. The molecule has 3 N–H and O–H groups in total. The molecule has 0 bridgehead atoms. The second-order valence-corrected chi connectivity index (χ2v) is 5.69. The Hall–Kier alpha value is -0.880. The second kappa shape index (κ2) is 5.64. The summed E-state index contributed by atoms with van der Waals surface area (Å²) in [5.41, 5.74) is 6.20. The van der Waals surface area contributed by atoms with Gasteiger partial charge in [-0.15, -0.1) is 11.7 Å². The molecule has 0 amide bonds. The SMILES string of the molecule is CC(C)(C)N=C(N)Nc1ccc(F)cc1SS. The number of nitrogens with one attached hydrogen (secondary N) is 1. The number of rotatable bonds is 2. The van der Waals surface area contributed by atoms with E-state index in [4.69, 9.17) is 5.73 Å². The van der Waals surface area contributed by atoms with Crippen molar-refractivity contribution in [1.29, 1.82) is 0 Å². The Morgan fingerprint density at radius 2 is 2.12 bits per heavy atom. The summed E-state index contributed by atoms with van der Waals surface area (Å²) in [5.74, 6) is -0.00817. The van der Waals surface area contributed by atoms with Gasteiger partial charge < -0.3 is 11.1 Å². The van der Waals surface area contributed by atoms with Crippen molar-refractivity contribution in [1.82, 2.24) is 0 Å². The molecule has 0 aliphatic heterocycles. The lowest BCUT2D eigenvalue weighted by Crippen LogP contribution is -2.27. The normalized spacial score (nSPS) is 12.6. The van der Waals surface area contributed by atoms with Crippen LogP contribution in [0.4, 0.5) is 10.1 Å². The Morgan fingerprint density at radius 1 is 1.47 bits per heavy atom. The molecule has 1 rings (SSSR count). The highest BCUT2D eigenvalue weighted by atomic mass is 33.1. The second-order valence-electron chi connectivity index (χ2n) is 4.52. The first kappa shape index (κ1) is 14.2. The molecule has 0 unspecified atom stereocenters. The third kappa shape index (κ3) is 4.87. The van der Waals surface area contributed by atoms with Crippen LogP contribution in [-0.2, 0) is 0 Å². The van der Waals surface area contributed by atoms with Gasteiger partial charge >= 0.3 is 0 Å². The number of guanidine groups is 1. The van der Waals surface area contributed by atoms with Crippen LogP contribution in [0, 0.1) is 5.82 Å². The van der Waals surface area contributed by atoms with Crippen molar-refractivity contribution >= 4 is 34.1 Å². The molecular formula is C11H16FN3S2. The fourth-order valence-electron chi connectivity index (χ4n) is 1.20. The first-order valence-electron chi connectivity index (χ1n) is 5.05. The fourth-order valence-corrected chi connectivity index (χ4v) is 2.04. The van der Waals surface area contributed by atoms with E-state index in [1.807, 2.05) is 20.8 Å². The van der Waals surface area contributed by atoms with E-state index in [1.165, 1.54) is 12.1 Å². The Kier molecular flexibility index (Phi) is 4.70. The summed E-state index contributed by atoms with van der Waals surface area (Å²) in [4.78, 5) is 4.92. The number of halogens is 1. The smallest absolute Gasteiger partial charge is 0.193 e. The highest BCUT2D eigenvalue weighted by Gasteiger charge is 2.10. The van der Waals surface area contributed by atoms with Crippen LogP contribution < -0.4 is 11.1 Å². The van der Waals surface area contributed by atoms with E-state index in [0.717, 1.165) is 10.8 Å². The van der Waals surface area contributed by atoms with E-state index in [2.05, 4.69) is 22.0 Å². The molecule has 0 aliphatic carbocycles. The van der Waals surface area contributed by atoms with Crippen LogP contribution in [0.15, 0.2) is 28.1 Å². The largest absolute Gasteiger partial charge is 0.370 e. The third-order valence-electron chi connectivity index (χ3n) is 1.76. The van der Waals surface area contributed by atoms with E-state index in [1.54, 1.807) is 6.07 Å². The minimum Gasteiger partial charge on any atom is -0.370 e. The zero-order chi connectivity index (χ0) is 13.1. The summed E-state index contributed by atoms with van der Waals surface area (Å²) in [6, 6.07) is 4.36. The summed E-state index contributed by atoms with van der Waals surface area (Å²) in [7, 11) is 1.15. The summed E-state index contributed by atoms with van der Waals surface area (Å²) in [6.45, 7) is 5.83. The molecular weight excluding hydrogens is 257 g/mol. The first-order valence-corrected chi connectivity index (χ1v) is 6.92. The predicted octanol–water partition coefficient (Wildman–Crippen LogP) is 3.29. The van der Waals surface area contributed by atoms with E-state index >= 15 is 0 Å². The number of nitrogens with zero attached hydrogens (tertiary/aromatic N) is 1. The monoisotopic (exact) mass is 273 g/mol. The lowest BCUT2D eigenvalue weighted by molar-refractivity contribution is 0.583.